The van der Waals surface area contributed by atoms with Gasteiger partial charge in [-0.3, -0.25) is 4.79 Å². The summed E-state index contributed by atoms with van der Waals surface area (Å²) < 4.78 is 1.98. The molecule has 0 radical (unpaired) electrons. The van der Waals surface area contributed by atoms with Crippen LogP contribution in [-0.2, 0) is 0 Å². The Hall–Kier alpha value is -2.03. The zero-order valence-electron chi connectivity index (χ0n) is 9.42. The molecule has 0 aliphatic heterocycles. The van der Waals surface area contributed by atoms with E-state index in [1.165, 1.54) is 0 Å². The summed E-state index contributed by atoms with van der Waals surface area (Å²) in [6.45, 7) is 0. The molecule has 0 saturated heterocycles. The Bertz CT molecular complexity index is 486. The quantitative estimate of drug-likeness (QED) is 0.752. The summed E-state index contributed by atoms with van der Waals surface area (Å²) in [6, 6.07) is 11.5. The third-order valence-corrected chi connectivity index (χ3v) is 2.40. The predicted molar refractivity (Wildman–Crippen MR) is 63.8 cm³/mol. The Labute approximate surface area is 94.9 Å². The molecule has 0 fully saturated rings. The third kappa shape index (κ3) is 1.98. The van der Waals surface area contributed by atoms with Gasteiger partial charge in [-0.1, -0.05) is 6.07 Å². The van der Waals surface area contributed by atoms with Crippen molar-refractivity contribution in [2.24, 2.45) is 0 Å². The fourth-order valence-electron chi connectivity index (χ4n) is 1.56. The summed E-state index contributed by atoms with van der Waals surface area (Å²) in [6.07, 6.45) is 3.92. The van der Waals surface area contributed by atoms with Gasteiger partial charge in [0, 0.05) is 37.7 Å². The van der Waals surface area contributed by atoms with E-state index in [4.69, 9.17) is 0 Å². The summed E-state index contributed by atoms with van der Waals surface area (Å²) in [7, 11) is 3.51. The van der Waals surface area contributed by atoms with Gasteiger partial charge < -0.3 is 9.47 Å². The summed E-state index contributed by atoms with van der Waals surface area (Å²) in [5, 5.41) is 0. The maximum atomic E-state index is 11.8. The van der Waals surface area contributed by atoms with Crippen molar-refractivity contribution in [3.05, 3.63) is 54.4 Å². The number of nitrogens with zero attached hydrogens (tertiary/aromatic N) is 2. The molecule has 0 bridgehead atoms. The van der Waals surface area contributed by atoms with Crippen molar-refractivity contribution in [3.8, 4) is 5.69 Å². The molecule has 0 unspecified atom stereocenters. The van der Waals surface area contributed by atoms with Gasteiger partial charge in [-0.2, -0.15) is 0 Å². The SMILES string of the molecule is CN(C)C(=O)c1cccc(-n2cccc2)c1. The largest absolute Gasteiger partial charge is 0.345 e. The Morgan fingerprint density at radius 1 is 1.12 bits per heavy atom. The minimum absolute atomic E-state index is 0.0222. The van der Waals surface area contributed by atoms with Crippen molar-refractivity contribution in [2.75, 3.05) is 14.1 Å². The van der Waals surface area contributed by atoms with Gasteiger partial charge in [0.2, 0.25) is 0 Å². The van der Waals surface area contributed by atoms with Gasteiger partial charge in [-0.15, -0.1) is 0 Å². The van der Waals surface area contributed by atoms with Crippen LogP contribution in [0.15, 0.2) is 48.8 Å². The molecule has 3 heteroatoms. The van der Waals surface area contributed by atoms with E-state index < -0.39 is 0 Å². The van der Waals surface area contributed by atoms with Crippen molar-refractivity contribution in [2.45, 2.75) is 0 Å². The van der Waals surface area contributed by atoms with E-state index in [9.17, 15) is 4.79 Å². The minimum atomic E-state index is 0.0222. The molecule has 1 heterocycles. The van der Waals surface area contributed by atoms with Gasteiger partial charge in [-0.05, 0) is 30.3 Å². The highest BCUT2D eigenvalue weighted by Gasteiger charge is 2.08. The zero-order chi connectivity index (χ0) is 11.5. The molecule has 0 saturated carbocycles. The molecule has 1 aromatic heterocycles. The number of amides is 1. The molecule has 16 heavy (non-hydrogen) atoms. The number of hydrogen-bond acceptors (Lipinski definition) is 1. The average Bonchev–Trinajstić information content (AvgIpc) is 2.81. The molecular weight excluding hydrogens is 200 g/mol. The monoisotopic (exact) mass is 214 g/mol. The first kappa shape index (κ1) is 10.5. The molecule has 2 rings (SSSR count). The highest BCUT2D eigenvalue weighted by Crippen LogP contribution is 2.11. The zero-order valence-corrected chi connectivity index (χ0v) is 9.42. The Balaban J connectivity index is 2.37. The van der Waals surface area contributed by atoms with E-state index in [0.717, 1.165) is 5.69 Å². The first-order chi connectivity index (χ1) is 7.68. The second kappa shape index (κ2) is 4.23. The van der Waals surface area contributed by atoms with Crippen molar-refractivity contribution in [1.29, 1.82) is 0 Å². The standard InChI is InChI=1S/C13H14N2O/c1-14(2)13(16)11-6-5-7-12(10-11)15-8-3-4-9-15/h3-10H,1-2H3. The Morgan fingerprint density at radius 3 is 2.44 bits per heavy atom. The van der Waals surface area contributed by atoms with Crippen LogP contribution >= 0.6 is 0 Å². The van der Waals surface area contributed by atoms with Gasteiger partial charge in [0.1, 0.15) is 0 Å². The van der Waals surface area contributed by atoms with Crippen molar-refractivity contribution in [3.63, 3.8) is 0 Å². The van der Waals surface area contributed by atoms with Crippen LogP contribution in [0.4, 0.5) is 0 Å². The Kier molecular flexibility index (Phi) is 2.77. The van der Waals surface area contributed by atoms with Crippen LogP contribution in [0.1, 0.15) is 10.4 Å². The molecule has 0 atom stereocenters. The first-order valence-electron chi connectivity index (χ1n) is 5.13. The van der Waals surface area contributed by atoms with E-state index in [-0.39, 0.29) is 5.91 Å². The second-order valence-corrected chi connectivity index (χ2v) is 3.84. The minimum Gasteiger partial charge on any atom is -0.345 e. The Morgan fingerprint density at radius 2 is 1.81 bits per heavy atom. The average molecular weight is 214 g/mol. The molecule has 2 aromatic rings. The van der Waals surface area contributed by atoms with Gasteiger partial charge in [0.15, 0.2) is 0 Å². The van der Waals surface area contributed by atoms with Crippen LogP contribution in [-0.4, -0.2) is 29.5 Å². The topological polar surface area (TPSA) is 25.2 Å². The second-order valence-electron chi connectivity index (χ2n) is 3.84. The summed E-state index contributed by atoms with van der Waals surface area (Å²) >= 11 is 0. The lowest BCUT2D eigenvalue weighted by Gasteiger charge is -2.11. The highest BCUT2D eigenvalue weighted by molar-refractivity contribution is 5.94. The molecule has 0 spiro atoms. The summed E-state index contributed by atoms with van der Waals surface area (Å²) in [5.41, 5.74) is 1.70. The third-order valence-electron chi connectivity index (χ3n) is 2.40. The molecule has 3 nitrogen and oxygen atoms in total. The molecular formula is C13H14N2O. The number of aromatic nitrogens is 1. The number of hydrogen-bond donors (Lipinski definition) is 0. The number of rotatable bonds is 2. The normalized spacial score (nSPS) is 10.1. The van der Waals surface area contributed by atoms with Gasteiger partial charge in [-0.25, -0.2) is 0 Å². The van der Waals surface area contributed by atoms with Crippen molar-refractivity contribution in [1.82, 2.24) is 9.47 Å². The maximum Gasteiger partial charge on any atom is 0.253 e. The lowest BCUT2D eigenvalue weighted by Crippen LogP contribution is -2.21. The lowest BCUT2D eigenvalue weighted by molar-refractivity contribution is 0.0827. The molecule has 0 N–H and O–H groups in total. The number of carbonyl (C=O) groups excluding carboxylic acids is 1. The first-order valence-corrected chi connectivity index (χ1v) is 5.13. The number of carbonyl (C=O) groups is 1. The molecule has 0 aliphatic carbocycles. The molecule has 1 amide bonds. The van der Waals surface area contributed by atoms with E-state index in [2.05, 4.69) is 0 Å². The van der Waals surface area contributed by atoms with Gasteiger partial charge >= 0.3 is 0 Å². The van der Waals surface area contributed by atoms with Crippen LogP contribution < -0.4 is 0 Å². The number of benzene rings is 1. The van der Waals surface area contributed by atoms with Crippen molar-refractivity contribution >= 4 is 5.91 Å². The van der Waals surface area contributed by atoms with Crippen LogP contribution in [0.5, 0.6) is 0 Å². The van der Waals surface area contributed by atoms with Crippen LogP contribution in [0.25, 0.3) is 5.69 Å². The molecule has 0 aliphatic rings. The van der Waals surface area contributed by atoms with E-state index in [1.54, 1.807) is 19.0 Å². The fourth-order valence-corrected chi connectivity index (χ4v) is 1.56. The predicted octanol–water partition coefficient (Wildman–Crippen LogP) is 2.18. The summed E-state index contributed by atoms with van der Waals surface area (Å²) in [5.74, 6) is 0.0222. The van der Waals surface area contributed by atoms with Crippen molar-refractivity contribution < 1.29 is 4.79 Å². The summed E-state index contributed by atoms with van der Waals surface area (Å²) in [4.78, 5) is 13.4. The molecule has 82 valence electrons. The highest BCUT2D eigenvalue weighted by atomic mass is 16.2. The van der Waals surface area contributed by atoms with Crippen LogP contribution in [0, 0.1) is 0 Å². The fraction of sp³-hybridized carbons (Fsp3) is 0.154. The van der Waals surface area contributed by atoms with Gasteiger partial charge in [0.05, 0.1) is 0 Å². The van der Waals surface area contributed by atoms with Crippen LogP contribution in [0.2, 0.25) is 0 Å². The smallest absolute Gasteiger partial charge is 0.253 e. The maximum absolute atomic E-state index is 11.8. The van der Waals surface area contributed by atoms with Crippen LogP contribution in [0.3, 0.4) is 0 Å². The van der Waals surface area contributed by atoms with E-state index in [0.29, 0.717) is 5.56 Å². The van der Waals surface area contributed by atoms with E-state index in [1.807, 2.05) is 53.4 Å². The lowest BCUT2D eigenvalue weighted by atomic mass is 10.2. The molecule has 1 aromatic carbocycles. The van der Waals surface area contributed by atoms with E-state index >= 15 is 0 Å². The van der Waals surface area contributed by atoms with Gasteiger partial charge in [0.25, 0.3) is 5.91 Å².